The number of benzene rings is 9. The molecule has 3 heterocycles. The Morgan fingerprint density at radius 1 is 0.323 bits per heavy atom. The molecule has 0 unspecified atom stereocenters. The molecule has 0 saturated carbocycles. The maximum absolute atomic E-state index is 5.52. The van der Waals surface area contributed by atoms with Crippen LogP contribution in [0.4, 0.5) is 0 Å². The van der Waals surface area contributed by atoms with E-state index in [1.807, 2.05) is 6.07 Å². The zero-order valence-corrected chi connectivity index (χ0v) is 33.5. The Labute approximate surface area is 357 Å². The quantitative estimate of drug-likeness (QED) is 0.174. The summed E-state index contributed by atoms with van der Waals surface area (Å²) in [5.74, 6) is 1.72. The van der Waals surface area contributed by atoms with Gasteiger partial charge < -0.3 is 4.57 Å². The Morgan fingerprint density at radius 2 is 0.855 bits per heavy atom. The first-order chi connectivity index (χ1) is 30.7. The van der Waals surface area contributed by atoms with Crippen molar-refractivity contribution < 1.29 is 0 Å². The fourth-order valence-corrected chi connectivity index (χ4v) is 9.76. The van der Waals surface area contributed by atoms with Crippen molar-refractivity contribution in [1.82, 2.24) is 24.1 Å². The van der Waals surface area contributed by atoms with Gasteiger partial charge in [0.25, 0.3) is 0 Å². The number of hydrogen-bond donors (Lipinski definition) is 0. The van der Waals surface area contributed by atoms with Crippen LogP contribution in [-0.2, 0) is 0 Å². The van der Waals surface area contributed by atoms with E-state index in [9.17, 15) is 0 Å². The lowest BCUT2D eigenvalue weighted by molar-refractivity contribution is 0.951. The molecule has 62 heavy (non-hydrogen) atoms. The lowest BCUT2D eigenvalue weighted by Crippen LogP contribution is -2.08. The van der Waals surface area contributed by atoms with Gasteiger partial charge in [0.2, 0.25) is 5.95 Å². The number of nitrogens with zero attached hydrogens (tertiary/aromatic N) is 5. The predicted molar refractivity (Wildman–Crippen MR) is 256 cm³/mol. The van der Waals surface area contributed by atoms with Gasteiger partial charge in [0.05, 0.1) is 27.8 Å². The summed E-state index contributed by atoms with van der Waals surface area (Å²) in [4.78, 5) is 16.3. The number of hydrogen-bond acceptors (Lipinski definition) is 3. The van der Waals surface area contributed by atoms with Gasteiger partial charge in [-0.05, 0) is 92.2 Å². The molecule has 0 fully saturated rings. The highest BCUT2D eigenvalue weighted by Crippen LogP contribution is 2.48. The molecule has 5 heteroatoms. The number of rotatable bonds is 5. The van der Waals surface area contributed by atoms with Crippen molar-refractivity contribution in [2.24, 2.45) is 0 Å². The minimum Gasteiger partial charge on any atom is -0.308 e. The van der Waals surface area contributed by atoms with Crippen molar-refractivity contribution in [3.8, 4) is 56.7 Å². The zero-order chi connectivity index (χ0) is 40.9. The molecule has 9 aromatic carbocycles. The summed E-state index contributed by atoms with van der Waals surface area (Å²) in [5, 5.41) is 7.05. The van der Waals surface area contributed by atoms with E-state index in [2.05, 4.69) is 210 Å². The van der Waals surface area contributed by atoms with Crippen LogP contribution in [-0.4, -0.2) is 24.1 Å². The summed E-state index contributed by atoms with van der Waals surface area (Å²) in [6.07, 6.45) is 0. The summed E-state index contributed by atoms with van der Waals surface area (Å²) in [6, 6.07) is 71.1. The molecule has 288 valence electrons. The second kappa shape index (κ2) is 13.3. The van der Waals surface area contributed by atoms with E-state index < -0.39 is 0 Å². The third kappa shape index (κ3) is 5.12. The molecule has 0 aliphatic heterocycles. The summed E-state index contributed by atoms with van der Waals surface area (Å²) in [7, 11) is 0. The Hall–Kier alpha value is -8.41. The molecule has 0 radical (unpaired) electrons. The van der Waals surface area contributed by atoms with Crippen LogP contribution in [0.1, 0.15) is 11.1 Å². The lowest BCUT2D eigenvalue weighted by Gasteiger charge is -2.18. The van der Waals surface area contributed by atoms with Gasteiger partial charge in [-0.15, -0.1) is 0 Å². The van der Waals surface area contributed by atoms with Gasteiger partial charge in [-0.25, -0.2) is 4.98 Å². The van der Waals surface area contributed by atoms with Crippen LogP contribution in [0.2, 0.25) is 0 Å². The topological polar surface area (TPSA) is 48.5 Å². The fourth-order valence-electron chi connectivity index (χ4n) is 9.76. The molecule has 1 aliphatic rings. The third-order valence-corrected chi connectivity index (χ3v) is 12.7. The maximum Gasteiger partial charge on any atom is 0.238 e. The van der Waals surface area contributed by atoms with E-state index in [4.69, 9.17) is 15.0 Å². The van der Waals surface area contributed by atoms with E-state index >= 15 is 0 Å². The normalized spacial score (nSPS) is 12.2. The molecule has 0 N–H and O–H groups in total. The molecule has 0 atom stereocenters. The first-order valence-corrected chi connectivity index (χ1v) is 21.0. The Kier molecular flexibility index (Phi) is 7.39. The highest BCUT2D eigenvalue weighted by atomic mass is 15.2. The van der Waals surface area contributed by atoms with Gasteiger partial charge in [0.1, 0.15) is 0 Å². The van der Waals surface area contributed by atoms with Crippen LogP contribution >= 0.6 is 0 Å². The standard InChI is InChI=1S/C57H35N5/c1-35-41-19-7-8-20-42(41)47-34-54(61-50-24-12-11-23-45(50)48-31-39-17-5-6-18-40(39)32-53(48)61)49(33-46(35)47)56-58-55(38-29-27-37(28-30-38)36-15-3-2-4-16-36)59-57(60-56)62-51-25-13-9-21-43(51)44-22-10-14-26-52(44)62/h2-34H,1H2. The Morgan fingerprint density at radius 3 is 1.56 bits per heavy atom. The molecule has 5 nitrogen and oxygen atoms in total. The van der Waals surface area contributed by atoms with Crippen molar-refractivity contribution in [1.29, 1.82) is 0 Å². The van der Waals surface area contributed by atoms with Gasteiger partial charge in [-0.1, -0.05) is 164 Å². The van der Waals surface area contributed by atoms with Crippen molar-refractivity contribution in [3.05, 3.63) is 218 Å². The molecule has 0 spiro atoms. The first-order valence-electron chi connectivity index (χ1n) is 21.0. The van der Waals surface area contributed by atoms with Gasteiger partial charge >= 0.3 is 0 Å². The smallest absolute Gasteiger partial charge is 0.238 e. The van der Waals surface area contributed by atoms with Gasteiger partial charge in [0.15, 0.2) is 11.6 Å². The van der Waals surface area contributed by atoms with Crippen molar-refractivity contribution >= 4 is 60.0 Å². The molecular weight excluding hydrogens is 755 g/mol. The monoisotopic (exact) mass is 789 g/mol. The van der Waals surface area contributed by atoms with E-state index in [-0.39, 0.29) is 0 Å². The number of para-hydroxylation sites is 3. The summed E-state index contributed by atoms with van der Waals surface area (Å²) >= 11 is 0. The molecule has 3 aromatic heterocycles. The number of aromatic nitrogens is 5. The molecule has 0 amide bonds. The Balaban J connectivity index is 1.14. The van der Waals surface area contributed by atoms with Crippen LogP contribution in [0.5, 0.6) is 0 Å². The van der Waals surface area contributed by atoms with E-state index in [0.29, 0.717) is 17.6 Å². The minimum absolute atomic E-state index is 0.552. The highest BCUT2D eigenvalue weighted by molar-refractivity contribution is 6.14. The van der Waals surface area contributed by atoms with E-state index in [1.54, 1.807) is 0 Å². The molecule has 1 aliphatic carbocycles. The number of fused-ring (bicyclic) bond motifs is 10. The van der Waals surface area contributed by atoms with Gasteiger partial charge in [0, 0.05) is 32.7 Å². The Bertz CT molecular complexity index is 3760. The first kappa shape index (κ1) is 34.5. The second-order valence-electron chi connectivity index (χ2n) is 16.1. The predicted octanol–water partition coefficient (Wildman–Crippen LogP) is 14.3. The van der Waals surface area contributed by atoms with Crippen LogP contribution in [0.25, 0.3) is 117 Å². The summed E-state index contributed by atoms with van der Waals surface area (Å²) in [5.41, 5.74) is 14.9. The van der Waals surface area contributed by atoms with Gasteiger partial charge in [-0.2, -0.15) is 9.97 Å². The van der Waals surface area contributed by atoms with E-state index in [1.165, 1.54) is 27.1 Å². The summed E-state index contributed by atoms with van der Waals surface area (Å²) in [6.45, 7) is 4.66. The summed E-state index contributed by atoms with van der Waals surface area (Å²) < 4.78 is 4.60. The molecular formula is C57H35N5. The molecule has 12 aromatic rings. The van der Waals surface area contributed by atoms with Crippen LogP contribution in [0, 0.1) is 0 Å². The molecule has 0 saturated heterocycles. The molecule has 0 bridgehead atoms. The third-order valence-electron chi connectivity index (χ3n) is 12.7. The SMILES string of the molecule is C=C1c2ccccc2-c2cc(-n3c4ccccc4c4cc5ccccc5cc43)c(-c3nc(-c4ccc(-c5ccccc5)cc4)nc(-n4c5ccccc5c5ccccc54)n3)cc21. The van der Waals surface area contributed by atoms with Crippen molar-refractivity contribution in [2.45, 2.75) is 0 Å². The maximum atomic E-state index is 5.52. The van der Waals surface area contributed by atoms with Crippen LogP contribution in [0.15, 0.2) is 207 Å². The van der Waals surface area contributed by atoms with E-state index in [0.717, 1.165) is 83.0 Å². The zero-order valence-electron chi connectivity index (χ0n) is 33.5. The minimum atomic E-state index is 0.552. The second-order valence-corrected chi connectivity index (χ2v) is 16.1. The van der Waals surface area contributed by atoms with Crippen LogP contribution < -0.4 is 0 Å². The highest BCUT2D eigenvalue weighted by Gasteiger charge is 2.28. The fraction of sp³-hybridized carbons (Fsp3) is 0. The molecule has 13 rings (SSSR count). The lowest BCUT2D eigenvalue weighted by atomic mass is 9.99. The van der Waals surface area contributed by atoms with Crippen molar-refractivity contribution in [2.75, 3.05) is 0 Å². The van der Waals surface area contributed by atoms with Gasteiger partial charge in [-0.3, -0.25) is 4.57 Å². The van der Waals surface area contributed by atoms with Crippen molar-refractivity contribution in [3.63, 3.8) is 0 Å². The average Bonchev–Trinajstić information content (AvgIpc) is 3.95. The average molecular weight is 790 g/mol. The largest absolute Gasteiger partial charge is 0.308 e. The van der Waals surface area contributed by atoms with Crippen LogP contribution in [0.3, 0.4) is 0 Å².